The van der Waals surface area contributed by atoms with Gasteiger partial charge in [-0.1, -0.05) is 17.7 Å². The molecule has 2 aromatic rings. The van der Waals surface area contributed by atoms with Gasteiger partial charge in [0, 0.05) is 5.56 Å². The van der Waals surface area contributed by atoms with Crippen molar-refractivity contribution in [1.82, 2.24) is 5.32 Å². The third-order valence-electron chi connectivity index (χ3n) is 3.25. The molecule has 3 rings (SSSR count). The van der Waals surface area contributed by atoms with Crippen LogP contribution in [0.4, 0.5) is 5.69 Å². The highest BCUT2D eigenvalue weighted by Crippen LogP contribution is 2.22. The number of nitrogens with zero attached hydrogens (tertiary/aromatic N) is 1. The number of nitrogens with one attached hydrogen (secondary N) is 1. The van der Waals surface area contributed by atoms with E-state index < -0.39 is 11.8 Å². The molecule has 22 heavy (non-hydrogen) atoms. The summed E-state index contributed by atoms with van der Waals surface area (Å²) >= 11 is 5.12. The minimum Gasteiger partial charge on any atom is -0.472 e. The molecular weight excluding hydrogens is 300 g/mol. The van der Waals surface area contributed by atoms with Gasteiger partial charge in [-0.15, -0.1) is 0 Å². The van der Waals surface area contributed by atoms with E-state index in [4.69, 9.17) is 16.6 Å². The third-order valence-corrected chi connectivity index (χ3v) is 3.53. The van der Waals surface area contributed by atoms with Crippen molar-refractivity contribution in [2.45, 2.75) is 6.92 Å². The Hall–Kier alpha value is -2.73. The molecule has 0 aliphatic carbocycles. The van der Waals surface area contributed by atoms with Gasteiger partial charge in [0.25, 0.3) is 11.8 Å². The van der Waals surface area contributed by atoms with E-state index in [1.54, 1.807) is 18.2 Å². The van der Waals surface area contributed by atoms with Gasteiger partial charge >= 0.3 is 0 Å². The van der Waals surface area contributed by atoms with Gasteiger partial charge in [0.05, 0.1) is 18.2 Å². The number of carbonyl (C=O) groups is 2. The second-order valence-corrected chi connectivity index (χ2v) is 5.24. The molecule has 0 saturated carbocycles. The molecule has 1 aliphatic heterocycles. The number of rotatable bonds is 2. The Balaban J connectivity index is 2.01. The zero-order valence-electron chi connectivity index (χ0n) is 11.7. The van der Waals surface area contributed by atoms with Crippen LogP contribution in [0.15, 0.2) is 52.8 Å². The van der Waals surface area contributed by atoms with Gasteiger partial charge in [0.1, 0.15) is 5.57 Å². The molecule has 0 unspecified atom stereocenters. The van der Waals surface area contributed by atoms with E-state index in [2.05, 4.69) is 5.32 Å². The van der Waals surface area contributed by atoms with Crippen LogP contribution in [-0.4, -0.2) is 16.9 Å². The minimum atomic E-state index is -0.514. The summed E-state index contributed by atoms with van der Waals surface area (Å²) < 4.78 is 4.95. The standard InChI is InChI=1S/C16H12N2O3S/c1-10-2-4-12(5-3-10)18-15(20)13(14(19)17-16(18)22)8-11-6-7-21-9-11/h2-9H,1H3,(H,17,19,22)/b13-8-. The number of furan rings is 1. The maximum Gasteiger partial charge on any atom is 0.270 e. The number of thiocarbonyl (C=S) groups is 1. The molecule has 6 heteroatoms. The van der Waals surface area contributed by atoms with E-state index in [0.29, 0.717) is 11.3 Å². The van der Waals surface area contributed by atoms with Crippen molar-refractivity contribution in [1.29, 1.82) is 0 Å². The second kappa shape index (κ2) is 5.57. The van der Waals surface area contributed by atoms with Crippen LogP contribution in [0.2, 0.25) is 0 Å². The van der Waals surface area contributed by atoms with Gasteiger partial charge < -0.3 is 4.42 Å². The molecule has 110 valence electrons. The fourth-order valence-corrected chi connectivity index (χ4v) is 2.39. The van der Waals surface area contributed by atoms with E-state index in [1.807, 2.05) is 19.1 Å². The van der Waals surface area contributed by atoms with Gasteiger partial charge in [-0.25, -0.2) is 0 Å². The summed E-state index contributed by atoms with van der Waals surface area (Å²) in [4.78, 5) is 26.0. The highest BCUT2D eigenvalue weighted by atomic mass is 32.1. The molecule has 5 nitrogen and oxygen atoms in total. The summed E-state index contributed by atoms with van der Waals surface area (Å²) in [6.07, 6.45) is 4.40. The number of carbonyl (C=O) groups excluding carboxylic acids is 2. The first-order chi connectivity index (χ1) is 10.6. The van der Waals surface area contributed by atoms with Crippen molar-refractivity contribution in [3.8, 4) is 0 Å². The van der Waals surface area contributed by atoms with Crippen LogP contribution >= 0.6 is 12.2 Å². The van der Waals surface area contributed by atoms with Gasteiger partial charge in [-0.2, -0.15) is 0 Å². The number of hydrogen-bond acceptors (Lipinski definition) is 4. The quantitative estimate of drug-likeness (QED) is 0.525. The summed E-state index contributed by atoms with van der Waals surface area (Å²) in [6, 6.07) is 8.98. The summed E-state index contributed by atoms with van der Waals surface area (Å²) in [6.45, 7) is 1.95. The molecule has 2 amide bonds. The highest BCUT2D eigenvalue weighted by Gasteiger charge is 2.34. The van der Waals surface area contributed by atoms with Gasteiger partial charge in [-0.05, 0) is 43.4 Å². The van der Waals surface area contributed by atoms with Crippen molar-refractivity contribution in [3.05, 3.63) is 59.6 Å². The van der Waals surface area contributed by atoms with Gasteiger partial charge in [0.15, 0.2) is 5.11 Å². The number of amides is 2. The lowest BCUT2D eigenvalue weighted by Gasteiger charge is -2.28. The van der Waals surface area contributed by atoms with E-state index in [1.165, 1.54) is 23.5 Å². The van der Waals surface area contributed by atoms with Crippen LogP contribution in [0.25, 0.3) is 6.08 Å². The average molecular weight is 312 g/mol. The Kier molecular flexibility index (Phi) is 3.60. The van der Waals surface area contributed by atoms with Crippen LogP contribution in [0, 0.1) is 6.92 Å². The smallest absolute Gasteiger partial charge is 0.270 e. The van der Waals surface area contributed by atoms with Crippen LogP contribution in [0.5, 0.6) is 0 Å². The molecule has 1 saturated heterocycles. The monoisotopic (exact) mass is 312 g/mol. The zero-order chi connectivity index (χ0) is 15.7. The van der Waals surface area contributed by atoms with E-state index in [0.717, 1.165) is 5.56 Å². The number of benzene rings is 1. The zero-order valence-corrected chi connectivity index (χ0v) is 12.5. The Bertz CT molecular complexity index is 776. The minimum absolute atomic E-state index is 0.00979. The fraction of sp³-hybridized carbons (Fsp3) is 0.0625. The Labute approximate surface area is 132 Å². The van der Waals surface area contributed by atoms with Crippen molar-refractivity contribution in [3.63, 3.8) is 0 Å². The third kappa shape index (κ3) is 2.56. The van der Waals surface area contributed by atoms with Crippen molar-refractivity contribution in [2.75, 3.05) is 4.90 Å². The molecule has 0 bridgehead atoms. The maximum atomic E-state index is 12.6. The molecule has 2 heterocycles. The number of aryl methyl sites for hydroxylation is 1. The fourth-order valence-electron chi connectivity index (χ4n) is 2.11. The molecule has 0 radical (unpaired) electrons. The summed E-state index contributed by atoms with van der Waals surface area (Å²) in [5, 5.41) is 2.61. The molecular formula is C16H12N2O3S. The molecule has 1 aliphatic rings. The molecule has 0 spiro atoms. The van der Waals surface area contributed by atoms with E-state index in [9.17, 15) is 9.59 Å². The normalized spacial score (nSPS) is 17.0. The molecule has 1 N–H and O–H groups in total. The first-order valence-corrected chi connectivity index (χ1v) is 6.97. The largest absolute Gasteiger partial charge is 0.472 e. The SMILES string of the molecule is Cc1ccc(N2C(=O)/C(=C\c3ccoc3)C(=O)NC2=S)cc1. The molecule has 0 atom stereocenters. The summed E-state index contributed by atoms with van der Waals surface area (Å²) in [5.74, 6) is -0.974. The predicted octanol–water partition coefficient (Wildman–Crippen LogP) is 2.42. The van der Waals surface area contributed by atoms with Crippen LogP contribution in [0.3, 0.4) is 0 Å². The van der Waals surface area contributed by atoms with Gasteiger partial charge in [-0.3, -0.25) is 19.8 Å². The Morgan fingerprint density at radius 1 is 1.18 bits per heavy atom. The van der Waals surface area contributed by atoms with E-state index in [-0.39, 0.29) is 10.7 Å². The summed E-state index contributed by atoms with van der Waals surface area (Å²) in [7, 11) is 0. The van der Waals surface area contributed by atoms with Crippen molar-refractivity contribution >= 4 is 40.9 Å². The Morgan fingerprint density at radius 3 is 2.55 bits per heavy atom. The maximum absolute atomic E-state index is 12.6. The van der Waals surface area contributed by atoms with Crippen molar-refractivity contribution in [2.24, 2.45) is 0 Å². The molecule has 1 fully saturated rings. The van der Waals surface area contributed by atoms with Crippen molar-refractivity contribution < 1.29 is 14.0 Å². The second-order valence-electron chi connectivity index (χ2n) is 4.85. The molecule has 1 aromatic carbocycles. The lowest BCUT2D eigenvalue weighted by Crippen LogP contribution is -2.54. The van der Waals surface area contributed by atoms with Crippen LogP contribution < -0.4 is 10.2 Å². The lowest BCUT2D eigenvalue weighted by atomic mass is 10.1. The highest BCUT2D eigenvalue weighted by molar-refractivity contribution is 7.80. The predicted molar refractivity (Wildman–Crippen MR) is 86.1 cm³/mol. The average Bonchev–Trinajstić information content (AvgIpc) is 2.98. The Morgan fingerprint density at radius 2 is 1.91 bits per heavy atom. The number of anilines is 1. The van der Waals surface area contributed by atoms with Crippen LogP contribution in [0.1, 0.15) is 11.1 Å². The number of hydrogen-bond donors (Lipinski definition) is 1. The topological polar surface area (TPSA) is 62.6 Å². The first-order valence-electron chi connectivity index (χ1n) is 6.56. The molecule has 1 aromatic heterocycles. The van der Waals surface area contributed by atoms with E-state index >= 15 is 0 Å². The lowest BCUT2D eigenvalue weighted by molar-refractivity contribution is -0.122. The summed E-state index contributed by atoms with van der Waals surface area (Å²) in [5.41, 5.74) is 2.32. The van der Waals surface area contributed by atoms with Crippen LogP contribution in [-0.2, 0) is 9.59 Å². The first kappa shape index (κ1) is 14.2. The van der Waals surface area contributed by atoms with Gasteiger partial charge in [0.2, 0.25) is 0 Å².